The monoisotopic (exact) mass is 328 g/mol. The van der Waals surface area contributed by atoms with Crippen LogP contribution in [0.4, 0.5) is 10.8 Å². The van der Waals surface area contributed by atoms with E-state index in [-0.39, 0.29) is 11.2 Å². The minimum absolute atomic E-state index is 0.0986. The van der Waals surface area contributed by atoms with Gasteiger partial charge < -0.3 is 10.6 Å². The van der Waals surface area contributed by atoms with E-state index in [1.54, 1.807) is 31.3 Å². The maximum Gasteiger partial charge on any atom is 0.237 e. The molecule has 0 radical (unpaired) electrons. The van der Waals surface area contributed by atoms with Crippen molar-refractivity contribution in [3.05, 3.63) is 29.3 Å². The highest BCUT2D eigenvalue weighted by molar-refractivity contribution is 8.02. The molecule has 0 saturated carbocycles. The van der Waals surface area contributed by atoms with Crippen molar-refractivity contribution in [1.82, 2.24) is 10.2 Å². The van der Waals surface area contributed by atoms with Crippen LogP contribution in [0.3, 0.4) is 0 Å². The van der Waals surface area contributed by atoms with Crippen molar-refractivity contribution in [1.29, 1.82) is 0 Å². The van der Waals surface area contributed by atoms with Crippen molar-refractivity contribution in [2.45, 2.75) is 16.5 Å². The molecule has 5 nitrogen and oxygen atoms in total. The molecule has 1 atom stereocenters. The standard InChI is InChI=1S/C12H13ClN4OS2/c1-7(19-12-17-16-11(14-2)20-12)10(18)15-9-5-3-4-8(13)6-9/h3-7H,1-2H3,(H,14,16)(H,15,18)/t7-/m1/s1. The second kappa shape index (κ2) is 6.92. The Kier molecular flexibility index (Phi) is 5.22. The zero-order valence-electron chi connectivity index (χ0n) is 10.9. The molecule has 1 amide bonds. The summed E-state index contributed by atoms with van der Waals surface area (Å²) in [6.07, 6.45) is 0. The third kappa shape index (κ3) is 4.09. The Morgan fingerprint density at radius 1 is 1.45 bits per heavy atom. The summed E-state index contributed by atoms with van der Waals surface area (Å²) in [7, 11) is 1.78. The third-order valence-corrected chi connectivity index (χ3v) is 4.72. The predicted molar refractivity (Wildman–Crippen MR) is 84.9 cm³/mol. The second-order valence-electron chi connectivity index (χ2n) is 3.88. The first-order chi connectivity index (χ1) is 9.58. The van der Waals surface area contributed by atoms with E-state index in [0.29, 0.717) is 10.7 Å². The molecule has 0 aliphatic rings. The fourth-order valence-electron chi connectivity index (χ4n) is 1.37. The molecule has 2 N–H and O–H groups in total. The summed E-state index contributed by atoms with van der Waals surface area (Å²) >= 11 is 8.66. The number of nitrogens with one attached hydrogen (secondary N) is 2. The van der Waals surface area contributed by atoms with Crippen molar-refractivity contribution >= 4 is 51.4 Å². The topological polar surface area (TPSA) is 66.9 Å². The lowest BCUT2D eigenvalue weighted by Crippen LogP contribution is -2.22. The van der Waals surface area contributed by atoms with Crippen LogP contribution in [0.2, 0.25) is 5.02 Å². The van der Waals surface area contributed by atoms with Gasteiger partial charge in [0.25, 0.3) is 0 Å². The smallest absolute Gasteiger partial charge is 0.237 e. The highest BCUT2D eigenvalue weighted by atomic mass is 35.5. The first-order valence-electron chi connectivity index (χ1n) is 5.83. The maximum absolute atomic E-state index is 12.1. The van der Waals surface area contributed by atoms with Crippen LogP contribution in [0.25, 0.3) is 0 Å². The van der Waals surface area contributed by atoms with Gasteiger partial charge in [-0.15, -0.1) is 10.2 Å². The van der Waals surface area contributed by atoms with Gasteiger partial charge >= 0.3 is 0 Å². The van der Waals surface area contributed by atoms with Crippen LogP contribution in [0.5, 0.6) is 0 Å². The van der Waals surface area contributed by atoms with Crippen LogP contribution in [0.1, 0.15) is 6.92 Å². The van der Waals surface area contributed by atoms with Crippen LogP contribution in [-0.2, 0) is 4.79 Å². The molecule has 0 aliphatic carbocycles. The number of rotatable bonds is 5. The van der Waals surface area contributed by atoms with Gasteiger partial charge in [0.2, 0.25) is 11.0 Å². The summed E-state index contributed by atoms with van der Waals surface area (Å²) in [5.74, 6) is -0.0986. The third-order valence-electron chi connectivity index (χ3n) is 2.36. The van der Waals surface area contributed by atoms with Crippen molar-refractivity contribution in [3.63, 3.8) is 0 Å². The van der Waals surface area contributed by atoms with Gasteiger partial charge in [0, 0.05) is 17.8 Å². The summed E-state index contributed by atoms with van der Waals surface area (Å²) in [4.78, 5) is 12.1. The van der Waals surface area contributed by atoms with Gasteiger partial charge in [0.1, 0.15) is 0 Å². The molecule has 20 heavy (non-hydrogen) atoms. The van der Waals surface area contributed by atoms with Crippen molar-refractivity contribution in [3.8, 4) is 0 Å². The summed E-state index contributed by atoms with van der Waals surface area (Å²) in [6.45, 7) is 1.82. The Hall–Kier alpha value is -1.31. The molecule has 1 aromatic carbocycles. The first kappa shape index (κ1) is 15.1. The number of amides is 1. The Morgan fingerprint density at radius 2 is 2.25 bits per heavy atom. The SMILES string of the molecule is CNc1nnc(S[C@H](C)C(=O)Nc2cccc(Cl)c2)s1. The minimum Gasteiger partial charge on any atom is -0.363 e. The van der Waals surface area contributed by atoms with E-state index in [2.05, 4.69) is 20.8 Å². The van der Waals surface area contributed by atoms with Gasteiger partial charge in [0.15, 0.2) is 4.34 Å². The molecule has 2 aromatic rings. The molecule has 106 valence electrons. The Balaban J connectivity index is 1.95. The number of hydrogen-bond donors (Lipinski definition) is 2. The Morgan fingerprint density at radius 3 is 2.90 bits per heavy atom. The van der Waals surface area contributed by atoms with Gasteiger partial charge in [0.05, 0.1) is 5.25 Å². The van der Waals surface area contributed by atoms with Crippen LogP contribution < -0.4 is 10.6 Å². The molecule has 8 heteroatoms. The molecule has 2 rings (SSSR count). The number of benzene rings is 1. The van der Waals surface area contributed by atoms with E-state index in [1.807, 2.05) is 6.92 Å². The van der Waals surface area contributed by atoms with Gasteiger partial charge in [-0.2, -0.15) is 0 Å². The maximum atomic E-state index is 12.1. The Bertz CT molecular complexity index is 605. The number of anilines is 2. The molecular weight excluding hydrogens is 316 g/mol. The number of thioether (sulfide) groups is 1. The Labute approximate surface area is 130 Å². The van der Waals surface area contributed by atoms with E-state index < -0.39 is 0 Å². The van der Waals surface area contributed by atoms with Crippen LogP contribution in [0.15, 0.2) is 28.6 Å². The van der Waals surface area contributed by atoms with E-state index in [0.717, 1.165) is 9.47 Å². The summed E-state index contributed by atoms with van der Waals surface area (Å²) in [5, 5.41) is 14.7. The average molecular weight is 329 g/mol. The number of nitrogens with zero attached hydrogens (tertiary/aromatic N) is 2. The van der Waals surface area contributed by atoms with Gasteiger partial charge in [-0.25, -0.2) is 0 Å². The lowest BCUT2D eigenvalue weighted by Gasteiger charge is -2.10. The lowest BCUT2D eigenvalue weighted by atomic mass is 10.3. The fourth-order valence-corrected chi connectivity index (χ4v) is 3.41. The molecule has 0 spiro atoms. The summed E-state index contributed by atoms with van der Waals surface area (Å²) < 4.78 is 0.753. The van der Waals surface area contributed by atoms with E-state index in [9.17, 15) is 4.79 Å². The fraction of sp³-hybridized carbons (Fsp3) is 0.250. The van der Waals surface area contributed by atoms with Crippen molar-refractivity contribution in [2.75, 3.05) is 17.7 Å². The van der Waals surface area contributed by atoms with E-state index in [4.69, 9.17) is 11.6 Å². The molecule has 0 bridgehead atoms. The lowest BCUT2D eigenvalue weighted by molar-refractivity contribution is -0.115. The molecular formula is C12H13ClN4OS2. The van der Waals surface area contributed by atoms with Crippen LogP contribution in [-0.4, -0.2) is 28.4 Å². The number of hydrogen-bond acceptors (Lipinski definition) is 6. The summed E-state index contributed by atoms with van der Waals surface area (Å²) in [6, 6.07) is 7.06. The molecule has 1 heterocycles. The highest BCUT2D eigenvalue weighted by Gasteiger charge is 2.17. The molecule has 0 saturated heterocycles. The molecule has 0 unspecified atom stereocenters. The second-order valence-corrected chi connectivity index (χ2v) is 6.88. The zero-order valence-corrected chi connectivity index (χ0v) is 13.3. The van der Waals surface area contributed by atoms with Gasteiger partial charge in [-0.05, 0) is 25.1 Å². The number of carbonyl (C=O) groups is 1. The normalized spacial score (nSPS) is 11.9. The van der Waals surface area contributed by atoms with E-state index >= 15 is 0 Å². The first-order valence-corrected chi connectivity index (χ1v) is 7.90. The molecule has 1 aromatic heterocycles. The minimum atomic E-state index is -0.272. The molecule has 0 fully saturated rings. The average Bonchev–Trinajstić information content (AvgIpc) is 2.86. The molecule has 0 aliphatic heterocycles. The largest absolute Gasteiger partial charge is 0.363 e. The van der Waals surface area contributed by atoms with Crippen molar-refractivity contribution in [2.24, 2.45) is 0 Å². The predicted octanol–water partition coefficient (Wildman–Crippen LogP) is 3.35. The summed E-state index contributed by atoms with van der Waals surface area (Å²) in [5.41, 5.74) is 0.683. The van der Waals surface area contributed by atoms with Crippen LogP contribution in [0, 0.1) is 0 Å². The van der Waals surface area contributed by atoms with Gasteiger partial charge in [-0.1, -0.05) is 40.8 Å². The zero-order chi connectivity index (χ0) is 14.5. The quantitative estimate of drug-likeness (QED) is 0.824. The van der Waals surface area contributed by atoms with Crippen LogP contribution >= 0.6 is 34.7 Å². The highest BCUT2D eigenvalue weighted by Crippen LogP contribution is 2.29. The number of carbonyl (C=O) groups excluding carboxylic acids is 1. The number of aromatic nitrogens is 2. The van der Waals surface area contributed by atoms with E-state index in [1.165, 1.54) is 23.1 Å². The number of halogens is 1. The van der Waals surface area contributed by atoms with Gasteiger partial charge in [-0.3, -0.25) is 4.79 Å². The van der Waals surface area contributed by atoms with Crippen molar-refractivity contribution < 1.29 is 4.79 Å².